The predicted molar refractivity (Wildman–Crippen MR) is 82.8 cm³/mol. The molecule has 0 saturated carbocycles. The van der Waals surface area contributed by atoms with Crippen molar-refractivity contribution in [1.82, 2.24) is 9.80 Å². The Balaban J connectivity index is 2.01. The van der Waals surface area contributed by atoms with Gasteiger partial charge in [0, 0.05) is 33.2 Å². The molecule has 0 radical (unpaired) electrons. The van der Waals surface area contributed by atoms with Gasteiger partial charge in [-0.3, -0.25) is 14.4 Å². The topological polar surface area (TPSA) is 87.2 Å². The monoisotopic (exact) mass is 326 g/mol. The van der Waals surface area contributed by atoms with Crippen LogP contribution in [0.25, 0.3) is 0 Å². The highest BCUT2D eigenvalue weighted by Crippen LogP contribution is 2.31. The first-order chi connectivity index (χ1) is 11.0. The maximum Gasteiger partial charge on any atom is 0.313 e. The average Bonchev–Trinajstić information content (AvgIpc) is 2.72. The number of likely N-dealkylation sites (tertiary alicyclic amines) is 2. The molecule has 7 nitrogen and oxygen atoms in total. The second-order valence-corrected chi connectivity index (χ2v) is 6.56. The summed E-state index contributed by atoms with van der Waals surface area (Å²) in [7, 11) is 1.47. The molecule has 2 aliphatic heterocycles. The van der Waals surface area contributed by atoms with Gasteiger partial charge >= 0.3 is 5.97 Å². The molecule has 2 saturated heterocycles. The summed E-state index contributed by atoms with van der Waals surface area (Å²) in [5, 5.41) is 9.54. The van der Waals surface area contributed by atoms with Crippen LogP contribution >= 0.6 is 0 Å². The Morgan fingerprint density at radius 2 is 2.00 bits per heavy atom. The van der Waals surface area contributed by atoms with E-state index in [1.54, 1.807) is 9.80 Å². The molecule has 2 aliphatic rings. The molecule has 0 aliphatic carbocycles. The van der Waals surface area contributed by atoms with Crippen molar-refractivity contribution in [2.24, 2.45) is 5.41 Å². The van der Waals surface area contributed by atoms with E-state index in [1.807, 2.05) is 0 Å². The Bertz CT molecular complexity index is 463. The van der Waals surface area contributed by atoms with E-state index in [-0.39, 0.29) is 31.5 Å². The third-order valence-corrected chi connectivity index (χ3v) is 4.80. The number of carboxylic acid groups (broad SMARTS) is 1. The fraction of sp³-hybridized carbons (Fsp3) is 0.812. The highest BCUT2D eigenvalue weighted by Gasteiger charge is 2.44. The largest absolute Gasteiger partial charge is 0.481 e. The standard InChI is InChI=1S/C16H26N2O5/c1-23-12-16(15(21)22)7-5-9-18(11-16)14(20)10-17-8-4-2-3-6-13(17)19/h2-12H2,1H3,(H,21,22). The summed E-state index contributed by atoms with van der Waals surface area (Å²) < 4.78 is 5.07. The van der Waals surface area contributed by atoms with Crippen molar-refractivity contribution in [2.75, 3.05) is 39.9 Å². The van der Waals surface area contributed by atoms with Crippen LogP contribution in [-0.2, 0) is 19.1 Å². The van der Waals surface area contributed by atoms with Crippen LogP contribution in [-0.4, -0.2) is 72.6 Å². The first-order valence-electron chi connectivity index (χ1n) is 8.26. The number of amides is 2. The first kappa shape index (κ1) is 17.7. The Morgan fingerprint density at radius 1 is 1.22 bits per heavy atom. The number of nitrogens with zero attached hydrogens (tertiary/aromatic N) is 2. The first-order valence-corrected chi connectivity index (χ1v) is 8.26. The number of hydrogen-bond donors (Lipinski definition) is 1. The van der Waals surface area contributed by atoms with Crippen LogP contribution in [0.15, 0.2) is 0 Å². The van der Waals surface area contributed by atoms with Crippen molar-refractivity contribution in [2.45, 2.75) is 38.5 Å². The summed E-state index contributed by atoms with van der Waals surface area (Å²) in [6.07, 6.45) is 4.44. The SMILES string of the molecule is COCC1(C(=O)O)CCCN(C(=O)CN2CCCCCC2=O)C1. The lowest BCUT2D eigenvalue weighted by molar-refractivity contribution is -0.160. The number of carboxylic acids is 1. The second-order valence-electron chi connectivity index (χ2n) is 6.56. The van der Waals surface area contributed by atoms with Crippen molar-refractivity contribution >= 4 is 17.8 Å². The van der Waals surface area contributed by atoms with Gasteiger partial charge in [0.1, 0.15) is 5.41 Å². The number of methoxy groups -OCH3 is 1. The molecule has 7 heteroatoms. The van der Waals surface area contributed by atoms with Crippen molar-refractivity contribution in [1.29, 1.82) is 0 Å². The number of carbonyl (C=O) groups is 3. The van der Waals surface area contributed by atoms with Crippen LogP contribution in [0.3, 0.4) is 0 Å². The number of ether oxygens (including phenoxy) is 1. The fourth-order valence-electron chi connectivity index (χ4n) is 3.44. The zero-order valence-electron chi connectivity index (χ0n) is 13.8. The van der Waals surface area contributed by atoms with E-state index in [4.69, 9.17) is 4.74 Å². The molecule has 2 heterocycles. The van der Waals surface area contributed by atoms with E-state index in [2.05, 4.69) is 0 Å². The molecule has 0 aromatic carbocycles. The van der Waals surface area contributed by atoms with Gasteiger partial charge in [-0.15, -0.1) is 0 Å². The van der Waals surface area contributed by atoms with Crippen LogP contribution in [0.5, 0.6) is 0 Å². The lowest BCUT2D eigenvalue weighted by atomic mass is 9.80. The van der Waals surface area contributed by atoms with Crippen LogP contribution in [0, 0.1) is 5.41 Å². The summed E-state index contributed by atoms with van der Waals surface area (Å²) in [4.78, 5) is 39.4. The van der Waals surface area contributed by atoms with E-state index in [1.165, 1.54) is 7.11 Å². The molecular formula is C16H26N2O5. The van der Waals surface area contributed by atoms with Crippen molar-refractivity contribution in [3.63, 3.8) is 0 Å². The molecule has 2 rings (SSSR count). The van der Waals surface area contributed by atoms with Gasteiger partial charge in [-0.2, -0.15) is 0 Å². The zero-order valence-corrected chi connectivity index (χ0v) is 13.8. The highest BCUT2D eigenvalue weighted by atomic mass is 16.5. The van der Waals surface area contributed by atoms with E-state index in [9.17, 15) is 19.5 Å². The molecule has 23 heavy (non-hydrogen) atoms. The van der Waals surface area contributed by atoms with Crippen LogP contribution in [0.1, 0.15) is 38.5 Å². The molecule has 2 fully saturated rings. The second kappa shape index (κ2) is 7.77. The van der Waals surface area contributed by atoms with E-state index < -0.39 is 11.4 Å². The Kier molecular flexibility index (Phi) is 5.98. The van der Waals surface area contributed by atoms with Crippen molar-refractivity contribution in [3.8, 4) is 0 Å². The number of rotatable bonds is 5. The summed E-state index contributed by atoms with van der Waals surface area (Å²) in [5.74, 6) is -1.07. The summed E-state index contributed by atoms with van der Waals surface area (Å²) in [6, 6.07) is 0. The molecule has 0 aromatic rings. The molecule has 1 atom stereocenters. The van der Waals surface area contributed by atoms with Gasteiger partial charge in [-0.1, -0.05) is 6.42 Å². The molecular weight excluding hydrogens is 300 g/mol. The number of aliphatic carboxylic acids is 1. The molecule has 0 aromatic heterocycles. The Morgan fingerprint density at radius 3 is 2.70 bits per heavy atom. The number of piperidine rings is 1. The third-order valence-electron chi connectivity index (χ3n) is 4.80. The van der Waals surface area contributed by atoms with Crippen molar-refractivity contribution in [3.05, 3.63) is 0 Å². The summed E-state index contributed by atoms with van der Waals surface area (Å²) in [5.41, 5.74) is -1.04. The molecule has 2 amide bonds. The number of carbonyl (C=O) groups excluding carboxylic acids is 2. The maximum atomic E-state index is 12.5. The van der Waals surface area contributed by atoms with E-state index in [0.29, 0.717) is 32.4 Å². The lowest BCUT2D eigenvalue weighted by Crippen LogP contribution is -2.54. The minimum atomic E-state index is -1.04. The zero-order chi connectivity index (χ0) is 16.9. The molecule has 1 unspecified atom stereocenters. The number of hydrogen-bond acceptors (Lipinski definition) is 4. The van der Waals surface area contributed by atoms with Crippen LogP contribution in [0.2, 0.25) is 0 Å². The van der Waals surface area contributed by atoms with Gasteiger partial charge in [0.15, 0.2) is 0 Å². The third kappa shape index (κ3) is 4.22. The quantitative estimate of drug-likeness (QED) is 0.805. The summed E-state index contributed by atoms with van der Waals surface area (Å²) >= 11 is 0. The molecule has 130 valence electrons. The molecule has 0 spiro atoms. The van der Waals surface area contributed by atoms with Gasteiger partial charge in [0.25, 0.3) is 0 Å². The van der Waals surface area contributed by atoms with E-state index in [0.717, 1.165) is 19.3 Å². The van der Waals surface area contributed by atoms with E-state index >= 15 is 0 Å². The highest BCUT2D eigenvalue weighted by molar-refractivity contribution is 5.85. The minimum Gasteiger partial charge on any atom is -0.481 e. The molecule has 0 bridgehead atoms. The Labute approximate surface area is 136 Å². The normalized spacial score (nSPS) is 26.0. The van der Waals surface area contributed by atoms with Crippen LogP contribution in [0.4, 0.5) is 0 Å². The van der Waals surface area contributed by atoms with Crippen LogP contribution < -0.4 is 0 Å². The van der Waals surface area contributed by atoms with Gasteiger partial charge < -0.3 is 19.6 Å². The fourth-order valence-corrected chi connectivity index (χ4v) is 3.44. The molecule has 1 N–H and O–H groups in total. The van der Waals surface area contributed by atoms with Crippen molar-refractivity contribution < 1.29 is 24.2 Å². The predicted octanol–water partition coefficient (Wildman–Crippen LogP) is 0.729. The maximum absolute atomic E-state index is 12.5. The van der Waals surface area contributed by atoms with Gasteiger partial charge in [0.05, 0.1) is 13.2 Å². The lowest BCUT2D eigenvalue weighted by Gasteiger charge is -2.40. The smallest absolute Gasteiger partial charge is 0.313 e. The van der Waals surface area contributed by atoms with Gasteiger partial charge in [-0.25, -0.2) is 0 Å². The average molecular weight is 326 g/mol. The van der Waals surface area contributed by atoms with Gasteiger partial charge in [0.2, 0.25) is 11.8 Å². The summed E-state index contributed by atoms with van der Waals surface area (Å²) in [6.45, 7) is 1.45. The Hall–Kier alpha value is -1.63. The van der Waals surface area contributed by atoms with Gasteiger partial charge in [-0.05, 0) is 25.7 Å². The minimum absolute atomic E-state index is 0.0225.